The third kappa shape index (κ3) is 4.81. The molecule has 0 saturated carbocycles. The van der Waals surface area contributed by atoms with E-state index in [4.69, 9.17) is 9.47 Å². The van der Waals surface area contributed by atoms with Crippen molar-refractivity contribution in [2.24, 2.45) is 0 Å². The average Bonchev–Trinajstić information content (AvgIpc) is 2.95. The van der Waals surface area contributed by atoms with Gasteiger partial charge < -0.3 is 14.8 Å². The molecule has 0 fully saturated rings. The number of hydrogen-bond acceptors (Lipinski definition) is 4. The third-order valence-electron chi connectivity index (χ3n) is 3.46. The van der Waals surface area contributed by atoms with E-state index in [1.165, 1.54) is 16.9 Å². The standard InChI is InChI=1S/C18H23NO3S/c1-12-7-13(2)17(14(3)8-12)22-10-15-9-16(23-11-15)18(20)19-5-6-21-4/h7-9,11H,5-6,10H2,1-4H3,(H,19,20). The summed E-state index contributed by atoms with van der Waals surface area (Å²) >= 11 is 1.43. The first-order valence-electron chi connectivity index (χ1n) is 7.56. The number of aryl methyl sites for hydroxylation is 3. The zero-order valence-corrected chi connectivity index (χ0v) is 14.9. The van der Waals surface area contributed by atoms with E-state index in [0.717, 1.165) is 22.4 Å². The number of ether oxygens (including phenoxy) is 2. The number of thiophene rings is 1. The highest BCUT2D eigenvalue weighted by molar-refractivity contribution is 7.12. The Bertz CT molecular complexity index is 656. The second-order valence-electron chi connectivity index (χ2n) is 5.58. The van der Waals surface area contributed by atoms with E-state index in [0.29, 0.717) is 24.6 Å². The van der Waals surface area contributed by atoms with Crippen LogP contribution in [0.5, 0.6) is 5.75 Å². The lowest BCUT2D eigenvalue weighted by molar-refractivity contribution is 0.0941. The summed E-state index contributed by atoms with van der Waals surface area (Å²) in [7, 11) is 1.61. The first-order valence-corrected chi connectivity index (χ1v) is 8.44. The fraction of sp³-hybridized carbons (Fsp3) is 0.389. The van der Waals surface area contributed by atoms with E-state index in [1.54, 1.807) is 7.11 Å². The lowest BCUT2D eigenvalue weighted by Gasteiger charge is -2.12. The zero-order valence-electron chi connectivity index (χ0n) is 14.1. The summed E-state index contributed by atoms with van der Waals surface area (Å²) in [6.45, 7) is 7.68. The summed E-state index contributed by atoms with van der Waals surface area (Å²) in [5.74, 6) is 0.855. The van der Waals surface area contributed by atoms with E-state index in [9.17, 15) is 4.79 Å². The first-order chi connectivity index (χ1) is 11.0. The molecule has 1 heterocycles. The summed E-state index contributed by atoms with van der Waals surface area (Å²) in [6.07, 6.45) is 0. The molecule has 0 saturated heterocycles. The molecule has 0 aliphatic heterocycles. The molecule has 2 rings (SSSR count). The van der Waals surface area contributed by atoms with Crippen molar-refractivity contribution in [3.05, 3.63) is 50.7 Å². The molecule has 23 heavy (non-hydrogen) atoms. The Labute approximate surface area is 141 Å². The topological polar surface area (TPSA) is 47.6 Å². The Morgan fingerprint density at radius 3 is 2.52 bits per heavy atom. The Morgan fingerprint density at radius 2 is 1.87 bits per heavy atom. The summed E-state index contributed by atoms with van der Waals surface area (Å²) < 4.78 is 10.9. The summed E-state index contributed by atoms with van der Waals surface area (Å²) in [5.41, 5.74) is 4.51. The molecule has 0 unspecified atom stereocenters. The largest absolute Gasteiger partial charge is 0.488 e. The quantitative estimate of drug-likeness (QED) is 0.787. The van der Waals surface area contributed by atoms with Crippen LogP contribution in [0.2, 0.25) is 0 Å². The smallest absolute Gasteiger partial charge is 0.261 e. The molecule has 0 radical (unpaired) electrons. The number of nitrogens with one attached hydrogen (secondary N) is 1. The fourth-order valence-corrected chi connectivity index (χ4v) is 3.29. The Balaban J connectivity index is 1.96. The van der Waals surface area contributed by atoms with Crippen molar-refractivity contribution >= 4 is 17.2 Å². The number of amides is 1. The number of rotatable bonds is 7. The summed E-state index contributed by atoms with van der Waals surface area (Å²) in [5, 5.41) is 4.78. The van der Waals surface area contributed by atoms with Crippen LogP contribution in [0.15, 0.2) is 23.6 Å². The van der Waals surface area contributed by atoms with E-state index >= 15 is 0 Å². The van der Waals surface area contributed by atoms with Gasteiger partial charge in [0.05, 0.1) is 11.5 Å². The van der Waals surface area contributed by atoms with E-state index in [1.807, 2.05) is 11.4 Å². The van der Waals surface area contributed by atoms with Gasteiger partial charge in [-0.2, -0.15) is 0 Å². The number of carbonyl (C=O) groups excluding carboxylic acids is 1. The van der Waals surface area contributed by atoms with Crippen LogP contribution in [0.1, 0.15) is 31.9 Å². The predicted molar refractivity (Wildman–Crippen MR) is 93.5 cm³/mol. The minimum absolute atomic E-state index is 0.0685. The molecule has 2 aromatic rings. The Hall–Kier alpha value is -1.85. The normalized spacial score (nSPS) is 10.6. The number of hydrogen-bond donors (Lipinski definition) is 1. The minimum Gasteiger partial charge on any atom is -0.488 e. The molecule has 0 bridgehead atoms. The highest BCUT2D eigenvalue weighted by Gasteiger charge is 2.10. The van der Waals surface area contributed by atoms with Crippen LogP contribution in [-0.2, 0) is 11.3 Å². The van der Waals surface area contributed by atoms with Crippen molar-refractivity contribution in [3.8, 4) is 5.75 Å². The van der Waals surface area contributed by atoms with Crippen LogP contribution in [0, 0.1) is 20.8 Å². The molecule has 1 amide bonds. The van der Waals surface area contributed by atoms with Gasteiger partial charge in [-0.15, -0.1) is 11.3 Å². The highest BCUT2D eigenvalue weighted by Crippen LogP contribution is 2.26. The van der Waals surface area contributed by atoms with Crippen LogP contribution in [-0.4, -0.2) is 26.2 Å². The molecular weight excluding hydrogens is 310 g/mol. The van der Waals surface area contributed by atoms with Crippen LogP contribution in [0.3, 0.4) is 0 Å². The first kappa shape index (κ1) is 17.5. The van der Waals surface area contributed by atoms with Gasteiger partial charge in [-0.1, -0.05) is 17.7 Å². The third-order valence-corrected chi connectivity index (χ3v) is 4.43. The van der Waals surface area contributed by atoms with E-state index in [2.05, 4.69) is 38.2 Å². The number of benzene rings is 1. The minimum atomic E-state index is -0.0685. The summed E-state index contributed by atoms with van der Waals surface area (Å²) in [4.78, 5) is 12.6. The van der Waals surface area contributed by atoms with Gasteiger partial charge in [-0.3, -0.25) is 4.79 Å². The molecule has 5 heteroatoms. The maximum absolute atomic E-state index is 12.0. The predicted octanol–water partition coefficient (Wildman–Crippen LogP) is 3.63. The van der Waals surface area contributed by atoms with Gasteiger partial charge in [0.15, 0.2) is 0 Å². The van der Waals surface area contributed by atoms with Gasteiger partial charge in [-0.05, 0) is 43.3 Å². The van der Waals surface area contributed by atoms with Gasteiger partial charge >= 0.3 is 0 Å². The number of carbonyl (C=O) groups is 1. The summed E-state index contributed by atoms with van der Waals surface area (Å²) in [6, 6.07) is 6.11. The monoisotopic (exact) mass is 333 g/mol. The van der Waals surface area contributed by atoms with E-state index < -0.39 is 0 Å². The SMILES string of the molecule is COCCNC(=O)c1cc(COc2c(C)cc(C)cc2C)cs1. The van der Waals surface area contributed by atoms with Crippen LogP contribution in [0.25, 0.3) is 0 Å². The molecule has 1 aromatic carbocycles. The molecule has 1 N–H and O–H groups in total. The molecule has 0 aliphatic rings. The van der Waals surface area contributed by atoms with Crippen LogP contribution in [0.4, 0.5) is 0 Å². The molecule has 0 spiro atoms. The van der Waals surface area contributed by atoms with Crippen molar-refractivity contribution in [2.75, 3.05) is 20.3 Å². The van der Waals surface area contributed by atoms with Gasteiger partial charge in [0.1, 0.15) is 12.4 Å². The zero-order chi connectivity index (χ0) is 16.8. The molecule has 0 aliphatic carbocycles. The lowest BCUT2D eigenvalue weighted by atomic mass is 10.1. The molecule has 124 valence electrons. The average molecular weight is 333 g/mol. The van der Waals surface area contributed by atoms with E-state index in [-0.39, 0.29) is 5.91 Å². The van der Waals surface area contributed by atoms with Gasteiger partial charge in [0.2, 0.25) is 0 Å². The molecule has 4 nitrogen and oxygen atoms in total. The lowest BCUT2D eigenvalue weighted by Crippen LogP contribution is -2.26. The second-order valence-corrected chi connectivity index (χ2v) is 6.50. The Kier molecular flexibility index (Phi) is 6.19. The molecule has 1 aromatic heterocycles. The van der Waals surface area contributed by atoms with Gasteiger partial charge in [0, 0.05) is 19.2 Å². The fourth-order valence-electron chi connectivity index (χ4n) is 2.47. The molecular formula is C18H23NO3S. The van der Waals surface area contributed by atoms with Crippen molar-refractivity contribution < 1.29 is 14.3 Å². The van der Waals surface area contributed by atoms with Gasteiger partial charge in [0.25, 0.3) is 5.91 Å². The van der Waals surface area contributed by atoms with Crippen molar-refractivity contribution in [2.45, 2.75) is 27.4 Å². The highest BCUT2D eigenvalue weighted by atomic mass is 32.1. The van der Waals surface area contributed by atoms with Crippen molar-refractivity contribution in [1.29, 1.82) is 0 Å². The van der Waals surface area contributed by atoms with Crippen molar-refractivity contribution in [1.82, 2.24) is 5.32 Å². The van der Waals surface area contributed by atoms with Crippen LogP contribution >= 0.6 is 11.3 Å². The van der Waals surface area contributed by atoms with Gasteiger partial charge in [-0.25, -0.2) is 0 Å². The maximum Gasteiger partial charge on any atom is 0.261 e. The second kappa shape index (κ2) is 8.13. The Morgan fingerprint density at radius 1 is 1.17 bits per heavy atom. The van der Waals surface area contributed by atoms with Crippen molar-refractivity contribution in [3.63, 3.8) is 0 Å². The maximum atomic E-state index is 12.0. The number of methoxy groups -OCH3 is 1. The van der Waals surface area contributed by atoms with Crippen LogP contribution < -0.4 is 10.1 Å². The molecule has 0 atom stereocenters.